The zero-order valence-electron chi connectivity index (χ0n) is 12.8. The molecule has 104 valence electrons. The fraction of sp³-hybridized carbons (Fsp3) is 0.611. The van der Waals surface area contributed by atoms with Gasteiger partial charge in [0.2, 0.25) is 0 Å². The highest BCUT2D eigenvalue weighted by atomic mass is 14.7. The first-order chi connectivity index (χ1) is 9.26. The number of hydrogen-bond donors (Lipinski definition) is 0. The smallest absolute Gasteiger partial charge is 0.0451 e. The van der Waals surface area contributed by atoms with Gasteiger partial charge in [-0.3, -0.25) is 4.98 Å². The van der Waals surface area contributed by atoms with Crippen LogP contribution in [-0.4, -0.2) is 4.98 Å². The van der Waals surface area contributed by atoms with Crippen molar-refractivity contribution >= 4 is 5.57 Å². The minimum atomic E-state index is 1.18. The Hall–Kier alpha value is -1.11. The predicted octanol–water partition coefficient (Wildman–Crippen LogP) is 5.25. The second-order valence-corrected chi connectivity index (χ2v) is 5.71. The fourth-order valence-corrected chi connectivity index (χ4v) is 3.06. The van der Waals surface area contributed by atoms with Crippen molar-refractivity contribution in [2.24, 2.45) is 0 Å². The summed E-state index contributed by atoms with van der Waals surface area (Å²) in [5.41, 5.74) is 6.98. The summed E-state index contributed by atoms with van der Waals surface area (Å²) in [6.07, 6.45) is 12.4. The van der Waals surface area contributed by atoms with Crippen LogP contribution in [0, 0.1) is 6.92 Å². The van der Waals surface area contributed by atoms with Crippen LogP contribution in [0.2, 0.25) is 0 Å². The Morgan fingerprint density at radius 1 is 1.26 bits per heavy atom. The summed E-state index contributed by atoms with van der Waals surface area (Å²) in [5.74, 6) is 0. The summed E-state index contributed by atoms with van der Waals surface area (Å²) in [6.45, 7) is 6.61. The number of rotatable bonds is 5. The highest BCUT2D eigenvalue weighted by molar-refractivity contribution is 5.67. The number of fused-ring (bicyclic) bond motifs is 1. The molecule has 0 N–H and O–H groups in total. The van der Waals surface area contributed by atoms with Gasteiger partial charge in [0.15, 0.2) is 0 Å². The van der Waals surface area contributed by atoms with E-state index in [9.17, 15) is 0 Å². The van der Waals surface area contributed by atoms with E-state index in [1.807, 2.05) is 0 Å². The van der Waals surface area contributed by atoms with Gasteiger partial charge in [-0.1, -0.05) is 25.8 Å². The third-order valence-electron chi connectivity index (χ3n) is 4.24. The van der Waals surface area contributed by atoms with Gasteiger partial charge in [-0.15, -0.1) is 0 Å². The number of nitrogens with zero attached hydrogens (tertiary/aromatic N) is 1. The lowest BCUT2D eigenvalue weighted by molar-refractivity contribution is 0.664. The topological polar surface area (TPSA) is 12.9 Å². The van der Waals surface area contributed by atoms with Crippen molar-refractivity contribution in [1.82, 2.24) is 4.98 Å². The lowest BCUT2D eigenvalue weighted by atomic mass is 9.91. The van der Waals surface area contributed by atoms with Crippen molar-refractivity contribution in [3.63, 3.8) is 0 Å². The lowest BCUT2D eigenvalue weighted by Gasteiger charge is -2.19. The fourth-order valence-electron chi connectivity index (χ4n) is 3.06. The van der Waals surface area contributed by atoms with Crippen LogP contribution in [0.15, 0.2) is 12.1 Å². The van der Waals surface area contributed by atoms with Crippen LogP contribution in [0.25, 0.3) is 5.57 Å². The molecule has 0 radical (unpaired) electrons. The standard InChI is InChI=1S/C18H27N/c1-4-6-7-10-15(5-2)17-13-16-11-8-9-12-18(16)19-14(17)3/h5,13H,4,6-12H2,1-3H3. The monoisotopic (exact) mass is 257 g/mol. The van der Waals surface area contributed by atoms with Gasteiger partial charge in [0.05, 0.1) is 0 Å². The molecule has 1 aromatic heterocycles. The summed E-state index contributed by atoms with van der Waals surface area (Å²) in [7, 11) is 0. The van der Waals surface area contributed by atoms with Crippen molar-refractivity contribution in [2.75, 3.05) is 0 Å². The van der Waals surface area contributed by atoms with E-state index in [2.05, 4.69) is 32.9 Å². The number of unbranched alkanes of at least 4 members (excludes halogenated alkanes) is 2. The summed E-state index contributed by atoms with van der Waals surface area (Å²) >= 11 is 0. The van der Waals surface area contributed by atoms with Crippen LogP contribution in [0.1, 0.15) is 74.9 Å². The van der Waals surface area contributed by atoms with Gasteiger partial charge in [0.25, 0.3) is 0 Å². The molecule has 0 saturated carbocycles. The van der Waals surface area contributed by atoms with Gasteiger partial charge < -0.3 is 0 Å². The van der Waals surface area contributed by atoms with Crippen LogP contribution in [0.3, 0.4) is 0 Å². The molecule has 0 bridgehead atoms. The molecule has 0 amide bonds. The molecule has 0 unspecified atom stereocenters. The van der Waals surface area contributed by atoms with E-state index in [-0.39, 0.29) is 0 Å². The number of allylic oxidation sites excluding steroid dienone is 2. The minimum absolute atomic E-state index is 1.18. The van der Waals surface area contributed by atoms with Crippen LogP contribution in [0.5, 0.6) is 0 Å². The minimum Gasteiger partial charge on any atom is -0.257 e. The molecule has 1 aromatic rings. The van der Waals surface area contributed by atoms with Crippen LogP contribution in [0.4, 0.5) is 0 Å². The third-order valence-corrected chi connectivity index (χ3v) is 4.24. The van der Waals surface area contributed by atoms with Crippen molar-refractivity contribution in [1.29, 1.82) is 0 Å². The number of hydrogen-bond acceptors (Lipinski definition) is 1. The molecule has 0 fully saturated rings. The quantitative estimate of drug-likeness (QED) is 0.656. The molecule has 0 saturated heterocycles. The molecular formula is C18H27N. The van der Waals surface area contributed by atoms with Crippen LogP contribution >= 0.6 is 0 Å². The SMILES string of the molecule is CC=C(CCCCC)c1cc2c(nc1C)CCCC2. The van der Waals surface area contributed by atoms with E-state index >= 15 is 0 Å². The van der Waals surface area contributed by atoms with Crippen molar-refractivity contribution in [3.05, 3.63) is 34.7 Å². The van der Waals surface area contributed by atoms with Gasteiger partial charge in [0.1, 0.15) is 0 Å². The van der Waals surface area contributed by atoms with Crippen molar-refractivity contribution in [3.8, 4) is 0 Å². The second-order valence-electron chi connectivity index (χ2n) is 5.71. The van der Waals surface area contributed by atoms with E-state index in [0.29, 0.717) is 0 Å². The maximum absolute atomic E-state index is 4.87. The second kappa shape index (κ2) is 6.88. The Bertz CT molecular complexity index is 457. The normalized spacial score (nSPS) is 15.4. The Kier molecular flexibility index (Phi) is 5.18. The molecule has 1 aliphatic carbocycles. The Balaban J connectivity index is 2.22. The molecule has 19 heavy (non-hydrogen) atoms. The molecule has 1 heterocycles. The molecule has 0 spiro atoms. The summed E-state index contributed by atoms with van der Waals surface area (Å²) in [4.78, 5) is 4.87. The van der Waals surface area contributed by atoms with E-state index in [1.54, 1.807) is 0 Å². The summed E-state index contributed by atoms with van der Waals surface area (Å²) < 4.78 is 0. The maximum atomic E-state index is 4.87. The van der Waals surface area contributed by atoms with Gasteiger partial charge in [0, 0.05) is 11.4 Å². The molecule has 1 heteroatoms. The van der Waals surface area contributed by atoms with E-state index < -0.39 is 0 Å². The molecule has 0 atom stereocenters. The largest absolute Gasteiger partial charge is 0.257 e. The summed E-state index contributed by atoms with van der Waals surface area (Å²) in [5, 5.41) is 0. The first-order valence-electron chi connectivity index (χ1n) is 7.91. The molecule has 0 aliphatic heterocycles. The number of aryl methyl sites for hydroxylation is 3. The third kappa shape index (κ3) is 3.46. The summed E-state index contributed by atoms with van der Waals surface area (Å²) in [6, 6.07) is 2.43. The highest BCUT2D eigenvalue weighted by Crippen LogP contribution is 2.28. The molecule has 0 aromatic carbocycles. The average Bonchev–Trinajstić information content (AvgIpc) is 2.43. The van der Waals surface area contributed by atoms with Gasteiger partial charge in [-0.25, -0.2) is 0 Å². The number of pyridine rings is 1. The zero-order chi connectivity index (χ0) is 13.7. The molecular weight excluding hydrogens is 230 g/mol. The Morgan fingerprint density at radius 2 is 2.05 bits per heavy atom. The highest BCUT2D eigenvalue weighted by Gasteiger charge is 2.14. The lowest BCUT2D eigenvalue weighted by Crippen LogP contribution is -2.08. The van der Waals surface area contributed by atoms with Gasteiger partial charge in [-0.05, 0) is 75.1 Å². The van der Waals surface area contributed by atoms with Crippen LogP contribution < -0.4 is 0 Å². The molecule has 2 rings (SSSR count). The Morgan fingerprint density at radius 3 is 2.79 bits per heavy atom. The molecule has 1 aliphatic rings. The van der Waals surface area contributed by atoms with Gasteiger partial charge in [-0.2, -0.15) is 0 Å². The van der Waals surface area contributed by atoms with E-state index in [0.717, 1.165) is 0 Å². The first-order valence-corrected chi connectivity index (χ1v) is 7.91. The predicted molar refractivity (Wildman–Crippen MR) is 83.4 cm³/mol. The van der Waals surface area contributed by atoms with Gasteiger partial charge >= 0.3 is 0 Å². The van der Waals surface area contributed by atoms with E-state index in [1.165, 1.54) is 79.5 Å². The molecule has 1 nitrogen and oxygen atoms in total. The first kappa shape index (κ1) is 14.3. The van der Waals surface area contributed by atoms with E-state index in [4.69, 9.17) is 4.98 Å². The average molecular weight is 257 g/mol. The zero-order valence-corrected chi connectivity index (χ0v) is 12.8. The number of aromatic nitrogens is 1. The Labute approximate surface area is 118 Å². The maximum Gasteiger partial charge on any atom is 0.0451 e. The van der Waals surface area contributed by atoms with Crippen LogP contribution in [-0.2, 0) is 12.8 Å². The van der Waals surface area contributed by atoms with Crippen molar-refractivity contribution in [2.45, 2.75) is 72.1 Å². The van der Waals surface area contributed by atoms with Crippen molar-refractivity contribution < 1.29 is 0 Å².